The molecule has 0 aliphatic carbocycles. The third-order valence-electron chi connectivity index (χ3n) is 6.32. The van der Waals surface area contributed by atoms with Gasteiger partial charge in [0.05, 0.1) is 11.3 Å². The van der Waals surface area contributed by atoms with Gasteiger partial charge in [-0.3, -0.25) is 4.90 Å². The molecule has 176 valence electrons. The maximum absolute atomic E-state index is 13.1. The third-order valence-corrected chi connectivity index (χ3v) is 6.32. The van der Waals surface area contributed by atoms with Gasteiger partial charge in [-0.1, -0.05) is 5.16 Å². The van der Waals surface area contributed by atoms with Gasteiger partial charge in [-0.05, 0) is 86.1 Å². The number of nitrogens with zero attached hydrogens (tertiary/aromatic N) is 3. The van der Waals surface area contributed by atoms with E-state index in [0.29, 0.717) is 17.4 Å². The second kappa shape index (κ2) is 9.10. The minimum Gasteiger partial charge on any atom is -0.356 e. The van der Waals surface area contributed by atoms with Crippen LogP contribution in [0, 0.1) is 5.82 Å². The summed E-state index contributed by atoms with van der Waals surface area (Å²) in [4.78, 5) is 2.36. The van der Waals surface area contributed by atoms with Crippen LogP contribution in [0.15, 0.2) is 77.6 Å². The average molecular weight is 469 g/mol. The number of halogens is 4. The first kappa shape index (κ1) is 22.4. The Balaban J connectivity index is 1.17. The quantitative estimate of drug-likeness (QED) is 0.306. The summed E-state index contributed by atoms with van der Waals surface area (Å²) in [6, 6.07) is 15.3. The molecule has 1 aliphatic rings. The topological polar surface area (TPSA) is 34.2 Å². The van der Waals surface area contributed by atoms with Crippen molar-refractivity contribution < 1.29 is 22.1 Å². The van der Waals surface area contributed by atoms with E-state index in [1.807, 2.05) is 29.1 Å². The van der Waals surface area contributed by atoms with E-state index in [-0.39, 0.29) is 5.82 Å². The molecule has 8 heteroatoms. The fraction of sp³-hybridized carbons (Fsp3) is 0.269. The van der Waals surface area contributed by atoms with E-state index < -0.39 is 11.7 Å². The highest BCUT2D eigenvalue weighted by Crippen LogP contribution is 2.32. The molecule has 34 heavy (non-hydrogen) atoms. The highest BCUT2D eigenvalue weighted by atomic mass is 19.4. The zero-order valence-electron chi connectivity index (χ0n) is 18.3. The summed E-state index contributed by atoms with van der Waals surface area (Å²) in [5.41, 5.74) is 2.88. The Bertz CT molecular complexity index is 1230. The maximum atomic E-state index is 13.1. The fourth-order valence-electron chi connectivity index (χ4n) is 4.39. The zero-order chi connectivity index (χ0) is 23.7. The van der Waals surface area contributed by atoms with Crippen molar-refractivity contribution in [1.29, 1.82) is 0 Å². The standard InChI is InChI=1S/C26H23F4N3O/c27-22-5-1-20(2-6-22)25-15-24(31-34-25)19-10-12-32(13-11-19)16-18-9-14-33(17-18)23-7-3-21(4-8-23)26(28,29)30/h1-9,14-15,17,19H,10-13,16H2. The van der Waals surface area contributed by atoms with Crippen LogP contribution in [0.5, 0.6) is 0 Å². The summed E-state index contributed by atoms with van der Waals surface area (Å²) >= 11 is 0. The monoisotopic (exact) mass is 469 g/mol. The number of benzene rings is 2. The molecule has 0 saturated carbocycles. The van der Waals surface area contributed by atoms with Crippen LogP contribution in [0.25, 0.3) is 17.0 Å². The van der Waals surface area contributed by atoms with Gasteiger partial charge in [0.1, 0.15) is 5.82 Å². The Morgan fingerprint density at radius 3 is 2.32 bits per heavy atom. The number of aromatic nitrogens is 2. The molecule has 0 radical (unpaired) electrons. The lowest BCUT2D eigenvalue weighted by Gasteiger charge is -2.30. The van der Waals surface area contributed by atoms with E-state index in [4.69, 9.17) is 4.52 Å². The number of piperidine rings is 1. The molecule has 0 N–H and O–H groups in total. The first-order valence-corrected chi connectivity index (χ1v) is 11.1. The molecule has 0 spiro atoms. The molecule has 1 aliphatic heterocycles. The van der Waals surface area contributed by atoms with Gasteiger partial charge < -0.3 is 9.09 Å². The normalized spacial score (nSPS) is 15.6. The predicted octanol–water partition coefficient (Wildman–Crippen LogP) is 6.67. The van der Waals surface area contributed by atoms with Gasteiger partial charge in [0.25, 0.3) is 0 Å². The molecule has 4 nitrogen and oxygen atoms in total. The van der Waals surface area contributed by atoms with Crippen molar-refractivity contribution in [1.82, 2.24) is 14.6 Å². The van der Waals surface area contributed by atoms with Gasteiger partial charge in [0.2, 0.25) is 0 Å². The van der Waals surface area contributed by atoms with Crippen LogP contribution >= 0.6 is 0 Å². The first-order valence-electron chi connectivity index (χ1n) is 11.1. The molecule has 2 aromatic heterocycles. The lowest BCUT2D eigenvalue weighted by Crippen LogP contribution is -2.32. The zero-order valence-corrected chi connectivity index (χ0v) is 18.3. The van der Waals surface area contributed by atoms with Gasteiger partial charge >= 0.3 is 6.18 Å². The molecule has 0 atom stereocenters. The summed E-state index contributed by atoms with van der Waals surface area (Å²) < 4.78 is 58.8. The van der Waals surface area contributed by atoms with Crippen molar-refractivity contribution >= 4 is 0 Å². The number of hydrogen-bond donors (Lipinski definition) is 0. The largest absolute Gasteiger partial charge is 0.416 e. The Labute approximate surface area is 194 Å². The molecular weight excluding hydrogens is 446 g/mol. The van der Waals surface area contributed by atoms with Crippen LogP contribution in [0.2, 0.25) is 0 Å². The van der Waals surface area contributed by atoms with Crippen molar-refractivity contribution in [2.45, 2.75) is 31.5 Å². The highest BCUT2D eigenvalue weighted by Gasteiger charge is 2.30. The van der Waals surface area contributed by atoms with Crippen molar-refractivity contribution in [2.24, 2.45) is 0 Å². The van der Waals surface area contributed by atoms with Gasteiger partial charge in [0, 0.05) is 42.2 Å². The molecule has 0 amide bonds. The Hall–Kier alpha value is -3.39. The second-order valence-corrected chi connectivity index (χ2v) is 8.64. The maximum Gasteiger partial charge on any atom is 0.416 e. The number of hydrogen-bond acceptors (Lipinski definition) is 3. The lowest BCUT2D eigenvalue weighted by molar-refractivity contribution is -0.137. The minimum atomic E-state index is -4.33. The van der Waals surface area contributed by atoms with E-state index in [0.717, 1.165) is 61.4 Å². The molecule has 5 rings (SSSR count). The summed E-state index contributed by atoms with van der Waals surface area (Å²) in [6.45, 7) is 2.60. The highest BCUT2D eigenvalue weighted by molar-refractivity contribution is 5.57. The Kier molecular flexibility index (Phi) is 6.00. The fourth-order valence-corrected chi connectivity index (χ4v) is 4.39. The van der Waals surface area contributed by atoms with Crippen LogP contribution in [-0.2, 0) is 12.7 Å². The summed E-state index contributed by atoms with van der Waals surface area (Å²) in [5.74, 6) is 0.665. The van der Waals surface area contributed by atoms with Crippen molar-refractivity contribution in [2.75, 3.05) is 13.1 Å². The van der Waals surface area contributed by atoms with Crippen LogP contribution in [0.1, 0.15) is 35.6 Å². The molecule has 1 saturated heterocycles. The summed E-state index contributed by atoms with van der Waals surface area (Å²) in [5, 5.41) is 4.24. The first-order chi connectivity index (χ1) is 16.3. The number of alkyl halides is 3. The smallest absolute Gasteiger partial charge is 0.356 e. The Morgan fingerprint density at radius 1 is 0.941 bits per heavy atom. The van der Waals surface area contributed by atoms with E-state index in [9.17, 15) is 17.6 Å². The van der Waals surface area contributed by atoms with Crippen LogP contribution < -0.4 is 0 Å². The van der Waals surface area contributed by atoms with Gasteiger partial charge in [0.15, 0.2) is 5.76 Å². The van der Waals surface area contributed by atoms with Gasteiger partial charge in [-0.25, -0.2) is 4.39 Å². The van der Waals surface area contributed by atoms with Gasteiger partial charge in [-0.2, -0.15) is 13.2 Å². The van der Waals surface area contributed by atoms with Crippen molar-refractivity contribution in [3.05, 3.63) is 95.7 Å². The van der Waals surface area contributed by atoms with Gasteiger partial charge in [-0.15, -0.1) is 0 Å². The average Bonchev–Trinajstić information content (AvgIpc) is 3.50. The summed E-state index contributed by atoms with van der Waals surface area (Å²) in [7, 11) is 0. The third kappa shape index (κ3) is 4.92. The molecule has 1 fully saturated rings. The van der Waals surface area contributed by atoms with Crippen molar-refractivity contribution in [3.63, 3.8) is 0 Å². The van der Waals surface area contributed by atoms with E-state index in [1.54, 1.807) is 12.1 Å². The lowest BCUT2D eigenvalue weighted by atomic mass is 9.93. The van der Waals surface area contributed by atoms with Crippen molar-refractivity contribution in [3.8, 4) is 17.0 Å². The molecule has 3 heterocycles. The SMILES string of the molecule is Fc1ccc(-c2cc(C3CCN(Cc4ccn(-c5ccc(C(F)(F)F)cc5)c4)CC3)no2)cc1. The molecule has 0 bridgehead atoms. The van der Waals surface area contributed by atoms with Crippen LogP contribution in [0.3, 0.4) is 0 Å². The number of likely N-dealkylation sites (tertiary alicyclic amines) is 1. The molecule has 0 unspecified atom stereocenters. The Morgan fingerprint density at radius 2 is 1.65 bits per heavy atom. The van der Waals surface area contributed by atoms with Crippen LogP contribution in [0.4, 0.5) is 17.6 Å². The van der Waals surface area contributed by atoms with E-state index >= 15 is 0 Å². The molecule has 4 aromatic rings. The van der Waals surface area contributed by atoms with E-state index in [1.165, 1.54) is 24.3 Å². The van der Waals surface area contributed by atoms with Crippen LogP contribution in [-0.4, -0.2) is 27.7 Å². The minimum absolute atomic E-state index is 0.287. The number of rotatable bonds is 5. The summed E-state index contributed by atoms with van der Waals surface area (Å²) in [6.07, 6.45) is 1.41. The molecule has 2 aromatic carbocycles. The predicted molar refractivity (Wildman–Crippen MR) is 120 cm³/mol. The van der Waals surface area contributed by atoms with E-state index in [2.05, 4.69) is 10.1 Å². The molecular formula is C26H23F4N3O. The second-order valence-electron chi connectivity index (χ2n) is 8.64.